The van der Waals surface area contributed by atoms with Crippen LogP contribution in [0.15, 0.2) is 24.3 Å². The lowest BCUT2D eigenvalue weighted by atomic mass is 9.96. The Hall–Kier alpha value is -1.75. The van der Waals surface area contributed by atoms with Crippen molar-refractivity contribution in [1.29, 1.82) is 0 Å². The van der Waals surface area contributed by atoms with Gasteiger partial charge in [0, 0.05) is 19.5 Å². The predicted octanol–water partition coefficient (Wildman–Crippen LogP) is 2.70. The highest BCUT2D eigenvalue weighted by atomic mass is 16.5. The molecule has 1 aliphatic rings. The van der Waals surface area contributed by atoms with Crippen LogP contribution in [0.1, 0.15) is 32.6 Å². The van der Waals surface area contributed by atoms with Gasteiger partial charge in [-0.2, -0.15) is 0 Å². The molecule has 1 aromatic rings. The number of carbonyl (C=O) groups excluding carboxylic acids is 1. The first kappa shape index (κ1) is 18.6. The van der Waals surface area contributed by atoms with E-state index >= 15 is 0 Å². The minimum absolute atomic E-state index is 0.258. The van der Waals surface area contributed by atoms with Crippen LogP contribution in [0.2, 0.25) is 0 Å². The van der Waals surface area contributed by atoms with E-state index in [0.29, 0.717) is 25.6 Å². The van der Waals surface area contributed by atoms with Gasteiger partial charge in [-0.15, -0.1) is 0 Å². The minimum atomic E-state index is 0.258. The van der Waals surface area contributed by atoms with Gasteiger partial charge in [0.15, 0.2) is 0 Å². The third-order valence-corrected chi connectivity index (χ3v) is 4.40. The van der Waals surface area contributed by atoms with E-state index < -0.39 is 0 Å². The van der Waals surface area contributed by atoms with Gasteiger partial charge in [0.1, 0.15) is 11.5 Å². The van der Waals surface area contributed by atoms with Crippen LogP contribution >= 0.6 is 0 Å². The average Bonchev–Trinajstić information content (AvgIpc) is 2.61. The molecule has 0 radical (unpaired) electrons. The van der Waals surface area contributed by atoms with Gasteiger partial charge in [0.05, 0.1) is 13.2 Å². The summed E-state index contributed by atoms with van der Waals surface area (Å²) in [5.74, 6) is 2.63. The summed E-state index contributed by atoms with van der Waals surface area (Å²) in [4.78, 5) is 14.2. The summed E-state index contributed by atoms with van der Waals surface area (Å²) in [6.45, 7) is 6.03. The van der Waals surface area contributed by atoms with Crippen LogP contribution in [0.4, 0.5) is 0 Å². The van der Waals surface area contributed by atoms with Gasteiger partial charge in [0.25, 0.3) is 0 Å². The fourth-order valence-corrected chi connectivity index (χ4v) is 3.05. The highest BCUT2D eigenvalue weighted by Gasteiger charge is 2.21. The fourth-order valence-electron chi connectivity index (χ4n) is 3.05. The third kappa shape index (κ3) is 6.04. The monoisotopic (exact) mass is 334 g/mol. The van der Waals surface area contributed by atoms with Crippen molar-refractivity contribution in [2.75, 3.05) is 39.9 Å². The number of nitrogens with one attached hydrogen (secondary N) is 1. The largest absolute Gasteiger partial charge is 0.494 e. The van der Waals surface area contributed by atoms with E-state index in [1.165, 1.54) is 0 Å². The minimum Gasteiger partial charge on any atom is -0.494 e. The van der Waals surface area contributed by atoms with E-state index in [-0.39, 0.29) is 5.91 Å². The second-order valence-electron chi connectivity index (χ2n) is 6.24. The van der Waals surface area contributed by atoms with Crippen molar-refractivity contribution in [3.8, 4) is 11.5 Å². The summed E-state index contributed by atoms with van der Waals surface area (Å²) in [6, 6.07) is 7.61. The molecule has 2 rings (SSSR count). The first-order valence-corrected chi connectivity index (χ1v) is 9.01. The molecule has 0 atom stereocenters. The molecule has 1 N–H and O–H groups in total. The lowest BCUT2D eigenvalue weighted by molar-refractivity contribution is -0.132. The summed E-state index contributed by atoms with van der Waals surface area (Å²) >= 11 is 0. The zero-order valence-corrected chi connectivity index (χ0v) is 14.9. The summed E-state index contributed by atoms with van der Waals surface area (Å²) < 4.78 is 11.1. The van der Waals surface area contributed by atoms with Crippen molar-refractivity contribution < 1.29 is 14.3 Å². The van der Waals surface area contributed by atoms with Gasteiger partial charge in [-0.05, 0) is 70.0 Å². The number of rotatable bonds is 9. The van der Waals surface area contributed by atoms with Crippen LogP contribution in [-0.2, 0) is 4.79 Å². The Kier molecular flexibility index (Phi) is 7.89. The molecule has 5 nitrogen and oxygen atoms in total. The van der Waals surface area contributed by atoms with Gasteiger partial charge in [-0.1, -0.05) is 0 Å². The average molecular weight is 334 g/mol. The van der Waals surface area contributed by atoms with Crippen molar-refractivity contribution in [1.82, 2.24) is 10.2 Å². The van der Waals surface area contributed by atoms with Gasteiger partial charge >= 0.3 is 0 Å². The van der Waals surface area contributed by atoms with Crippen molar-refractivity contribution >= 4 is 5.91 Å². The van der Waals surface area contributed by atoms with E-state index in [0.717, 1.165) is 50.4 Å². The number of likely N-dealkylation sites (tertiary alicyclic amines) is 1. The number of piperidine rings is 1. The second kappa shape index (κ2) is 10.2. The Bertz CT molecular complexity index is 482. The van der Waals surface area contributed by atoms with Crippen molar-refractivity contribution in [3.63, 3.8) is 0 Å². The molecule has 1 aromatic carbocycles. The number of amides is 1. The molecule has 0 aliphatic carbocycles. The molecule has 0 saturated carbocycles. The zero-order valence-electron chi connectivity index (χ0n) is 14.9. The van der Waals surface area contributed by atoms with Crippen LogP contribution in [0, 0.1) is 5.92 Å². The maximum atomic E-state index is 12.2. The van der Waals surface area contributed by atoms with E-state index in [4.69, 9.17) is 9.47 Å². The maximum absolute atomic E-state index is 12.2. The third-order valence-electron chi connectivity index (χ3n) is 4.40. The lowest BCUT2D eigenvalue weighted by Crippen LogP contribution is -2.40. The fraction of sp³-hybridized carbons (Fsp3) is 0.632. The molecule has 1 amide bonds. The first-order valence-electron chi connectivity index (χ1n) is 9.01. The maximum Gasteiger partial charge on any atom is 0.222 e. The second-order valence-corrected chi connectivity index (χ2v) is 6.24. The highest BCUT2D eigenvalue weighted by molar-refractivity contribution is 5.76. The van der Waals surface area contributed by atoms with E-state index in [1.54, 1.807) is 0 Å². The first-order chi connectivity index (χ1) is 11.7. The molecule has 1 saturated heterocycles. The van der Waals surface area contributed by atoms with Gasteiger partial charge in [-0.3, -0.25) is 4.79 Å². The molecule has 0 aromatic heterocycles. The number of hydrogen-bond acceptors (Lipinski definition) is 4. The van der Waals surface area contributed by atoms with E-state index in [2.05, 4.69) is 5.32 Å². The topological polar surface area (TPSA) is 50.8 Å². The van der Waals surface area contributed by atoms with Crippen LogP contribution in [-0.4, -0.2) is 50.7 Å². The molecule has 1 fully saturated rings. The summed E-state index contributed by atoms with van der Waals surface area (Å²) in [6.07, 6.45) is 3.53. The van der Waals surface area contributed by atoms with Crippen LogP contribution < -0.4 is 14.8 Å². The highest BCUT2D eigenvalue weighted by Crippen LogP contribution is 2.19. The molecule has 24 heavy (non-hydrogen) atoms. The zero-order chi connectivity index (χ0) is 17.2. The SMILES string of the molecule is CCOc1ccc(OCCCC(=O)N2CCC(CNC)CC2)cc1. The van der Waals surface area contributed by atoms with Gasteiger partial charge in [0.2, 0.25) is 5.91 Å². The Morgan fingerprint density at radius 1 is 1.17 bits per heavy atom. The van der Waals surface area contributed by atoms with Crippen LogP contribution in [0.3, 0.4) is 0 Å². The predicted molar refractivity (Wildman–Crippen MR) is 95.6 cm³/mol. The summed E-state index contributed by atoms with van der Waals surface area (Å²) in [5.41, 5.74) is 0. The number of ether oxygens (including phenoxy) is 2. The molecule has 0 unspecified atom stereocenters. The molecule has 5 heteroatoms. The normalized spacial score (nSPS) is 15.3. The molecule has 1 aliphatic heterocycles. The van der Waals surface area contributed by atoms with Gasteiger partial charge in [-0.25, -0.2) is 0 Å². The Morgan fingerprint density at radius 2 is 1.79 bits per heavy atom. The van der Waals surface area contributed by atoms with Crippen molar-refractivity contribution in [2.24, 2.45) is 5.92 Å². The molecule has 134 valence electrons. The number of benzene rings is 1. The quantitative estimate of drug-likeness (QED) is 0.706. The molecular formula is C19H30N2O3. The smallest absolute Gasteiger partial charge is 0.222 e. The van der Waals surface area contributed by atoms with Crippen molar-refractivity contribution in [3.05, 3.63) is 24.3 Å². The molecular weight excluding hydrogens is 304 g/mol. The molecule has 0 spiro atoms. The van der Waals surface area contributed by atoms with Gasteiger partial charge < -0.3 is 19.7 Å². The molecule has 1 heterocycles. The van der Waals surface area contributed by atoms with E-state index in [9.17, 15) is 4.79 Å². The summed E-state index contributed by atoms with van der Waals surface area (Å²) in [7, 11) is 1.99. The summed E-state index contributed by atoms with van der Waals surface area (Å²) in [5, 5.41) is 3.22. The Morgan fingerprint density at radius 3 is 2.38 bits per heavy atom. The number of nitrogens with zero attached hydrogens (tertiary/aromatic N) is 1. The standard InChI is InChI=1S/C19H30N2O3/c1-3-23-17-6-8-18(9-7-17)24-14-4-5-19(22)21-12-10-16(11-13-21)15-20-2/h6-9,16,20H,3-5,10-15H2,1-2H3. The Labute approximate surface area is 145 Å². The number of carbonyl (C=O) groups is 1. The molecule has 0 bridgehead atoms. The lowest BCUT2D eigenvalue weighted by Gasteiger charge is -2.32. The van der Waals surface area contributed by atoms with Crippen molar-refractivity contribution in [2.45, 2.75) is 32.6 Å². The van der Waals surface area contributed by atoms with E-state index in [1.807, 2.05) is 43.1 Å². The van der Waals surface area contributed by atoms with Crippen LogP contribution in [0.25, 0.3) is 0 Å². The Balaban J connectivity index is 1.61. The van der Waals surface area contributed by atoms with Crippen LogP contribution in [0.5, 0.6) is 11.5 Å². The number of hydrogen-bond donors (Lipinski definition) is 1.